The molecule has 0 aliphatic carbocycles. The van der Waals surface area contributed by atoms with Gasteiger partial charge in [0.2, 0.25) is 0 Å². The highest BCUT2D eigenvalue weighted by molar-refractivity contribution is 7.92. The monoisotopic (exact) mass is 520 g/mol. The molecule has 3 aromatic carbocycles. The first-order valence-corrected chi connectivity index (χ1v) is 11.4. The first kappa shape index (κ1) is 23.4. The Morgan fingerprint density at radius 1 is 0.903 bits per heavy atom. The van der Waals surface area contributed by atoms with Gasteiger partial charge in [0.15, 0.2) is 5.75 Å². The predicted molar refractivity (Wildman–Crippen MR) is 122 cm³/mol. The highest BCUT2D eigenvalue weighted by Crippen LogP contribution is 2.41. The minimum absolute atomic E-state index is 0.0475. The molecule has 0 unspecified atom stereocenters. The van der Waals surface area contributed by atoms with Crippen LogP contribution in [0.2, 0.25) is 20.1 Å². The van der Waals surface area contributed by atoms with Crippen molar-refractivity contribution in [1.82, 2.24) is 0 Å². The van der Waals surface area contributed by atoms with Gasteiger partial charge in [-0.05, 0) is 42.8 Å². The second-order valence-electron chi connectivity index (χ2n) is 6.28. The summed E-state index contributed by atoms with van der Waals surface area (Å²) in [5.74, 6) is -0.0114. The van der Waals surface area contributed by atoms with Crippen molar-refractivity contribution < 1.29 is 18.1 Å². The molecule has 0 aliphatic heterocycles. The lowest BCUT2D eigenvalue weighted by Crippen LogP contribution is -2.13. The van der Waals surface area contributed by atoms with Gasteiger partial charge < -0.3 is 4.74 Å². The lowest BCUT2D eigenvalue weighted by Gasteiger charge is -2.14. The third-order valence-electron chi connectivity index (χ3n) is 3.99. The minimum atomic E-state index is -4.07. The number of nitrogens with zero attached hydrogens (tertiary/aromatic N) is 1. The van der Waals surface area contributed by atoms with Crippen LogP contribution in [0.1, 0.15) is 5.56 Å². The second-order valence-corrected chi connectivity index (χ2v) is 9.59. The lowest BCUT2D eigenvalue weighted by molar-refractivity contribution is -0.384. The zero-order valence-corrected chi connectivity index (χ0v) is 19.4. The number of nitrogens with one attached hydrogen (secondary N) is 1. The molecule has 3 aromatic rings. The van der Waals surface area contributed by atoms with E-state index < -0.39 is 14.9 Å². The van der Waals surface area contributed by atoms with Crippen LogP contribution in [-0.2, 0) is 10.0 Å². The number of hydrogen-bond acceptors (Lipinski definition) is 5. The molecule has 3 rings (SSSR count). The zero-order valence-electron chi connectivity index (χ0n) is 15.5. The van der Waals surface area contributed by atoms with Crippen molar-refractivity contribution >= 4 is 67.8 Å². The number of nitro benzene ring substituents is 1. The molecule has 0 atom stereocenters. The Morgan fingerprint density at radius 3 is 2.10 bits per heavy atom. The summed E-state index contributed by atoms with van der Waals surface area (Å²) in [5, 5.41) is 10.8. The van der Waals surface area contributed by atoms with Crippen molar-refractivity contribution in [3.05, 3.63) is 84.3 Å². The van der Waals surface area contributed by atoms with Gasteiger partial charge in [0.05, 0.1) is 35.6 Å². The molecule has 7 nitrogen and oxygen atoms in total. The molecule has 0 aromatic heterocycles. The van der Waals surface area contributed by atoms with E-state index in [1.54, 1.807) is 12.1 Å². The van der Waals surface area contributed by atoms with Gasteiger partial charge in [-0.25, -0.2) is 8.42 Å². The fraction of sp³-hybridized carbons (Fsp3) is 0.0526. The fourth-order valence-corrected chi connectivity index (χ4v) is 4.87. The molecule has 0 saturated carbocycles. The topological polar surface area (TPSA) is 98.5 Å². The van der Waals surface area contributed by atoms with Crippen molar-refractivity contribution in [3.63, 3.8) is 0 Å². The fourth-order valence-electron chi connectivity index (χ4n) is 2.49. The quantitative estimate of drug-likeness (QED) is 0.275. The van der Waals surface area contributed by atoms with Gasteiger partial charge in [-0.1, -0.05) is 52.5 Å². The second kappa shape index (κ2) is 9.10. The summed E-state index contributed by atoms with van der Waals surface area (Å²) in [7, 11) is -4.07. The molecule has 0 amide bonds. The van der Waals surface area contributed by atoms with Gasteiger partial charge in [-0.15, -0.1) is 0 Å². The number of halogens is 4. The smallest absolute Gasteiger partial charge is 0.271 e. The zero-order chi connectivity index (χ0) is 22.9. The van der Waals surface area contributed by atoms with Gasteiger partial charge in [0, 0.05) is 12.1 Å². The van der Waals surface area contributed by atoms with Crippen LogP contribution < -0.4 is 9.46 Å². The molecule has 0 fully saturated rings. The Hall–Kier alpha value is -2.23. The maximum absolute atomic E-state index is 12.8. The Kier molecular flexibility index (Phi) is 6.88. The number of hydrogen-bond donors (Lipinski definition) is 1. The van der Waals surface area contributed by atoms with Gasteiger partial charge >= 0.3 is 0 Å². The number of sulfonamides is 1. The average Bonchev–Trinajstić information content (AvgIpc) is 2.67. The summed E-state index contributed by atoms with van der Waals surface area (Å²) in [4.78, 5) is 9.99. The van der Waals surface area contributed by atoms with Crippen molar-refractivity contribution in [2.45, 2.75) is 11.8 Å². The number of nitro groups is 1. The Bertz CT molecular complexity index is 1280. The summed E-state index contributed by atoms with van der Waals surface area (Å²) in [6.45, 7) is 1.82. The first-order chi connectivity index (χ1) is 14.5. The van der Waals surface area contributed by atoms with Gasteiger partial charge in [-0.2, -0.15) is 0 Å². The molecule has 1 N–H and O–H groups in total. The third kappa shape index (κ3) is 5.34. The van der Waals surface area contributed by atoms with Crippen LogP contribution in [0.3, 0.4) is 0 Å². The summed E-state index contributed by atoms with van der Waals surface area (Å²) < 4.78 is 33.5. The molecule has 0 saturated heterocycles. The van der Waals surface area contributed by atoms with Crippen molar-refractivity contribution in [2.24, 2.45) is 0 Å². The Labute approximate surface area is 197 Å². The van der Waals surface area contributed by atoms with E-state index in [-0.39, 0.29) is 47.9 Å². The van der Waals surface area contributed by atoms with Crippen LogP contribution in [0, 0.1) is 17.0 Å². The first-order valence-electron chi connectivity index (χ1n) is 8.38. The maximum atomic E-state index is 12.8. The van der Waals surface area contributed by atoms with Crippen molar-refractivity contribution in [3.8, 4) is 11.5 Å². The van der Waals surface area contributed by atoms with Crippen molar-refractivity contribution in [1.29, 1.82) is 0 Å². The summed E-state index contributed by atoms with van der Waals surface area (Å²) in [5.41, 5.74) is 0.833. The molecular weight excluding hydrogens is 510 g/mol. The maximum Gasteiger partial charge on any atom is 0.271 e. The van der Waals surface area contributed by atoms with Crippen LogP contribution in [0.5, 0.6) is 11.5 Å². The SMILES string of the molecule is Cc1ccc(NS(=O)(=O)c2cc(Cl)c(Oc3ccc([N+](=O)[O-])cc3Cl)c(Cl)c2)c(Cl)c1. The number of rotatable bonds is 6. The van der Waals surface area contributed by atoms with Crippen LogP contribution >= 0.6 is 46.4 Å². The van der Waals surface area contributed by atoms with Gasteiger partial charge in [-0.3, -0.25) is 14.8 Å². The van der Waals surface area contributed by atoms with Gasteiger partial charge in [0.1, 0.15) is 5.75 Å². The number of non-ortho nitro benzene ring substituents is 1. The van der Waals surface area contributed by atoms with Crippen LogP contribution in [0.25, 0.3) is 0 Å². The van der Waals surface area contributed by atoms with Gasteiger partial charge in [0.25, 0.3) is 15.7 Å². The lowest BCUT2D eigenvalue weighted by atomic mass is 10.2. The standard InChI is InChI=1S/C19H12Cl4N2O5S/c1-10-2-4-17(13(20)6-10)24-31(28,29)12-8-15(22)19(16(23)9-12)30-18-5-3-11(25(26)27)7-14(18)21/h2-9,24H,1H3. The van der Waals surface area contributed by atoms with E-state index in [4.69, 9.17) is 51.1 Å². The molecule has 0 aliphatic rings. The Balaban J connectivity index is 1.92. The van der Waals surface area contributed by atoms with Crippen molar-refractivity contribution in [2.75, 3.05) is 4.72 Å². The van der Waals surface area contributed by atoms with E-state index in [1.165, 1.54) is 18.2 Å². The molecule has 162 valence electrons. The van der Waals surface area contributed by atoms with Crippen LogP contribution in [0.4, 0.5) is 11.4 Å². The van der Waals surface area contributed by atoms with Crippen LogP contribution in [-0.4, -0.2) is 13.3 Å². The minimum Gasteiger partial charge on any atom is -0.453 e. The van der Waals surface area contributed by atoms with E-state index in [9.17, 15) is 18.5 Å². The highest BCUT2D eigenvalue weighted by atomic mass is 35.5. The van der Waals surface area contributed by atoms with E-state index in [0.717, 1.165) is 23.8 Å². The molecule has 0 heterocycles. The average molecular weight is 522 g/mol. The Morgan fingerprint density at radius 2 is 1.55 bits per heavy atom. The number of benzene rings is 3. The third-order valence-corrected chi connectivity index (χ3v) is 6.50. The molecule has 31 heavy (non-hydrogen) atoms. The molecule has 0 radical (unpaired) electrons. The number of aryl methyl sites for hydroxylation is 1. The summed E-state index contributed by atoms with van der Waals surface area (Å²) in [6, 6.07) is 10.7. The van der Waals surface area contributed by atoms with E-state index >= 15 is 0 Å². The molecule has 12 heteroatoms. The number of anilines is 1. The van der Waals surface area contributed by atoms with E-state index in [1.807, 2.05) is 6.92 Å². The number of ether oxygens (including phenoxy) is 1. The largest absolute Gasteiger partial charge is 0.453 e. The molecule has 0 spiro atoms. The molecule has 0 bridgehead atoms. The van der Waals surface area contributed by atoms with E-state index in [2.05, 4.69) is 4.72 Å². The predicted octanol–water partition coefficient (Wildman–Crippen LogP) is 7.11. The normalized spacial score (nSPS) is 11.3. The summed E-state index contributed by atoms with van der Waals surface area (Å²) in [6.07, 6.45) is 0. The van der Waals surface area contributed by atoms with Crippen LogP contribution in [0.15, 0.2) is 53.4 Å². The highest BCUT2D eigenvalue weighted by Gasteiger charge is 2.21. The molecular formula is C19H12Cl4N2O5S. The van der Waals surface area contributed by atoms with E-state index in [0.29, 0.717) is 0 Å². The summed E-state index contributed by atoms with van der Waals surface area (Å²) >= 11 is 24.5.